The largest absolute Gasteiger partial charge is 0.377 e. The van der Waals surface area contributed by atoms with Crippen LogP contribution in [0.5, 0.6) is 0 Å². The Balaban J connectivity index is 2.63. The van der Waals surface area contributed by atoms with E-state index in [9.17, 15) is 0 Å². The first-order chi connectivity index (χ1) is 5.79. The van der Waals surface area contributed by atoms with Crippen LogP contribution < -0.4 is 5.32 Å². The van der Waals surface area contributed by atoms with Gasteiger partial charge in [0, 0.05) is 13.2 Å². The summed E-state index contributed by atoms with van der Waals surface area (Å²) in [6.45, 7) is 2.22. The van der Waals surface area contributed by atoms with E-state index in [0.717, 1.165) is 6.42 Å². The molecule has 0 aromatic heterocycles. The van der Waals surface area contributed by atoms with Crippen LogP contribution in [-0.4, -0.2) is 25.8 Å². The van der Waals surface area contributed by atoms with Crippen LogP contribution >= 0.6 is 0 Å². The quantitative estimate of drug-likeness (QED) is 0.698. The number of rotatable bonds is 4. The van der Waals surface area contributed by atoms with Gasteiger partial charge >= 0.3 is 0 Å². The van der Waals surface area contributed by atoms with Gasteiger partial charge in [-0.3, -0.25) is 0 Å². The molecule has 1 fully saturated rings. The van der Waals surface area contributed by atoms with E-state index >= 15 is 0 Å². The van der Waals surface area contributed by atoms with Crippen LogP contribution in [0.3, 0.4) is 0 Å². The van der Waals surface area contributed by atoms with Gasteiger partial charge in [0.15, 0.2) is 0 Å². The van der Waals surface area contributed by atoms with Gasteiger partial charge in [-0.15, -0.1) is 0 Å². The van der Waals surface area contributed by atoms with Crippen molar-refractivity contribution in [1.82, 2.24) is 5.32 Å². The third-order valence-electron chi connectivity index (χ3n) is 3.25. The van der Waals surface area contributed by atoms with Crippen LogP contribution in [0.1, 0.15) is 39.0 Å². The van der Waals surface area contributed by atoms with Gasteiger partial charge in [-0.2, -0.15) is 0 Å². The Morgan fingerprint density at radius 3 is 2.33 bits per heavy atom. The number of likely N-dealkylation sites (N-methyl/N-ethyl adjacent to an activating group) is 1. The summed E-state index contributed by atoms with van der Waals surface area (Å²) in [6, 6.07) is 0.532. The standard InChI is InChI=1S/C10H21NO/c1-4-9(11-2)10(12-3)7-5-6-8-10/h9,11H,4-8H2,1-3H3. The molecule has 72 valence electrons. The van der Waals surface area contributed by atoms with E-state index in [-0.39, 0.29) is 5.60 Å². The maximum atomic E-state index is 5.68. The molecule has 0 spiro atoms. The third-order valence-corrected chi connectivity index (χ3v) is 3.25. The predicted octanol–water partition coefficient (Wildman–Crippen LogP) is 1.94. The highest BCUT2D eigenvalue weighted by atomic mass is 16.5. The molecule has 1 aliphatic carbocycles. The molecule has 1 aliphatic rings. The van der Waals surface area contributed by atoms with Gasteiger partial charge in [-0.1, -0.05) is 19.8 Å². The molecule has 12 heavy (non-hydrogen) atoms. The maximum absolute atomic E-state index is 5.68. The normalized spacial score (nSPS) is 24.2. The summed E-state index contributed by atoms with van der Waals surface area (Å²) in [5.41, 5.74) is 0.142. The van der Waals surface area contributed by atoms with Crippen LogP contribution in [0.2, 0.25) is 0 Å². The minimum atomic E-state index is 0.142. The van der Waals surface area contributed by atoms with E-state index in [1.165, 1.54) is 25.7 Å². The van der Waals surface area contributed by atoms with E-state index in [2.05, 4.69) is 12.2 Å². The van der Waals surface area contributed by atoms with Crippen molar-refractivity contribution in [1.29, 1.82) is 0 Å². The monoisotopic (exact) mass is 171 g/mol. The number of nitrogens with one attached hydrogen (secondary N) is 1. The molecule has 0 heterocycles. The van der Waals surface area contributed by atoms with Gasteiger partial charge in [0.1, 0.15) is 0 Å². The SMILES string of the molecule is CCC(NC)C1(OC)CCCC1. The summed E-state index contributed by atoms with van der Waals surface area (Å²) in [6.07, 6.45) is 6.26. The molecule has 0 bridgehead atoms. The van der Waals surface area contributed by atoms with Crippen LogP contribution in [0, 0.1) is 0 Å². The zero-order valence-corrected chi connectivity index (χ0v) is 8.52. The van der Waals surface area contributed by atoms with Crippen molar-refractivity contribution < 1.29 is 4.74 Å². The second-order valence-electron chi connectivity index (χ2n) is 3.73. The average molecular weight is 171 g/mol. The van der Waals surface area contributed by atoms with Crippen molar-refractivity contribution in [3.05, 3.63) is 0 Å². The van der Waals surface area contributed by atoms with Crippen molar-refractivity contribution in [3.63, 3.8) is 0 Å². The second kappa shape index (κ2) is 4.24. The van der Waals surface area contributed by atoms with Gasteiger partial charge in [0.2, 0.25) is 0 Å². The predicted molar refractivity (Wildman–Crippen MR) is 51.3 cm³/mol. The molecule has 0 aliphatic heterocycles. The maximum Gasteiger partial charge on any atom is 0.0830 e. The van der Waals surface area contributed by atoms with E-state index in [0.29, 0.717) is 6.04 Å². The lowest BCUT2D eigenvalue weighted by Crippen LogP contribution is -2.48. The number of hydrogen-bond donors (Lipinski definition) is 1. The van der Waals surface area contributed by atoms with Crippen LogP contribution in [-0.2, 0) is 4.74 Å². The van der Waals surface area contributed by atoms with Gasteiger partial charge in [-0.05, 0) is 26.3 Å². The Kier molecular flexibility index (Phi) is 3.53. The lowest BCUT2D eigenvalue weighted by atomic mass is 9.90. The summed E-state index contributed by atoms with van der Waals surface area (Å²) < 4.78 is 5.68. The minimum absolute atomic E-state index is 0.142. The van der Waals surface area contributed by atoms with Crippen molar-refractivity contribution in [2.45, 2.75) is 50.7 Å². The van der Waals surface area contributed by atoms with Crippen molar-refractivity contribution in [2.75, 3.05) is 14.2 Å². The molecule has 0 aromatic rings. The first kappa shape index (κ1) is 10.0. The van der Waals surface area contributed by atoms with Crippen LogP contribution in [0.25, 0.3) is 0 Å². The Morgan fingerprint density at radius 2 is 2.00 bits per heavy atom. The summed E-state index contributed by atoms with van der Waals surface area (Å²) in [5.74, 6) is 0. The van der Waals surface area contributed by atoms with Crippen LogP contribution in [0.15, 0.2) is 0 Å². The van der Waals surface area contributed by atoms with E-state index in [1.807, 2.05) is 14.2 Å². The first-order valence-electron chi connectivity index (χ1n) is 5.01. The summed E-state index contributed by atoms with van der Waals surface area (Å²) in [5, 5.41) is 3.36. The molecule has 0 saturated heterocycles. The highest BCUT2D eigenvalue weighted by Crippen LogP contribution is 2.36. The molecule has 2 nitrogen and oxygen atoms in total. The molecule has 2 heteroatoms. The van der Waals surface area contributed by atoms with Crippen molar-refractivity contribution in [2.24, 2.45) is 0 Å². The first-order valence-corrected chi connectivity index (χ1v) is 5.01. The van der Waals surface area contributed by atoms with Crippen molar-refractivity contribution >= 4 is 0 Å². The van der Waals surface area contributed by atoms with Gasteiger partial charge in [0.25, 0.3) is 0 Å². The molecule has 1 unspecified atom stereocenters. The van der Waals surface area contributed by atoms with E-state index < -0.39 is 0 Å². The number of hydrogen-bond acceptors (Lipinski definition) is 2. The smallest absolute Gasteiger partial charge is 0.0830 e. The molecule has 1 saturated carbocycles. The zero-order valence-electron chi connectivity index (χ0n) is 8.52. The highest BCUT2D eigenvalue weighted by Gasteiger charge is 2.39. The summed E-state index contributed by atoms with van der Waals surface area (Å²) in [4.78, 5) is 0. The Labute approximate surface area is 75.7 Å². The zero-order chi connectivity index (χ0) is 9.03. The Hall–Kier alpha value is -0.0800. The van der Waals surface area contributed by atoms with Gasteiger partial charge < -0.3 is 10.1 Å². The molecular formula is C10H21NO. The van der Waals surface area contributed by atoms with Crippen LogP contribution in [0.4, 0.5) is 0 Å². The second-order valence-corrected chi connectivity index (χ2v) is 3.73. The molecule has 0 aromatic carbocycles. The van der Waals surface area contributed by atoms with E-state index in [1.54, 1.807) is 0 Å². The molecule has 0 amide bonds. The fourth-order valence-electron chi connectivity index (χ4n) is 2.51. The number of methoxy groups -OCH3 is 1. The molecule has 1 rings (SSSR count). The van der Waals surface area contributed by atoms with Crippen molar-refractivity contribution in [3.8, 4) is 0 Å². The Morgan fingerprint density at radius 1 is 1.42 bits per heavy atom. The molecule has 1 atom stereocenters. The van der Waals surface area contributed by atoms with Gasteiger partial charge in [-0.25, -0.2) is 0 Å². The minimum Gasteiger partial charge on any atom is -0.377 e. The Bertz CT molecular complexity index is 126. The summed E-state index contributed by atoms with van der Waals surface area (Å²) in [7, 11) is 3.89. The lowest BCUT2D eigenvalue weighted by Gasteiger charge is -2.35. The topological polar surface area (TPSA) is 21.3 Å². The van der Waals surface area contributed by atoms with Gasteiger partial charge in [0.05, 0.1) is 5.60 Å². The third kappa shape index (κ3) is 1.64. The summed E-state index contributed by atoms with van der Waals surface area (Å²) >= 11 is 0. The fourth-order valence-corrected chi connectivity index (χ4v) is 2.51. The highest BCUT2D eigenvalue weighted by molar-refractivity contribution is 4.95. The molecular weight excluding hydrogens is 150 g/mol. The number of ether oxygens (including phenoxy) is 1. The van der Waals surface area contributed by atoms with E-state index in [4.69, 9.17) is 4.74 Å². The average Bonchev–Trinajstić information content (AvgIpc) is 2.56. The molecule has 0 radical (unpaired) electrons. The fraction of sp³-hybridized carbons (Fsp3) is 1.00. The molecule has 1 N–H and O–H groups in total. The lowest BCUT2D eigenvalue weighted by molar-refractivity contribution is -0.0346.